The maximum absolute atomic E-state index is 13.0. The smallest absolute Gasteiger partial charge is 0.265 e. The number of hydrogen-bond acceptors (Lipinski definition) is 3. The Balaban J connectivity index is 1.95. The molecule has 0 aromatic heterocycles. The molecule has 0 radical (unpaired) electrons. The number of fused-ring (bicyclic) bond motifs is 1. The van der Waals surface area contributed by atoms with Gasteiger partial charge in [-0.3, -0.25) is 9.59 Å². The molecular formula is C22H22N2O2. The molecule has 132 valence electrons. The van der Waals surface area contributed by atoms with Crippen molar-refractivity contribution in [2.45, 2.75) is 13.8 Å². The maximum Gasteiger partial charge on any atom is 0.265 e. The van der Waals surface area contributed by atoms with Gasteiger partial charge < -0.3 is 4.90 Å². The van der Waals surface area contributed by atoms with E-state index in [1.54, 1.807) is 6.07 Å². The molecule has 0 saturated carbocycles. The lowest BCUT2D eigenvalue weighted by atomic mass is 10.0. The normalized spacial score (nSPS) is 10.5. The van der Waals surface area contributed by atoms with Crippen LogP contribution in [0.1, 0.15) is 24.2 Å². The van der Waals surface area contributed by atoms with E-state index in [9.17, 15) is 9.59 Å². The number of benzene rings is 3. The van der Waals surface area contributed by atoms with Gasteiger partial charge in [0.15, 0.2) is 0 Å². The zero-order chi connectivity index (χ0) is 18.5. The lowest BCUT2D eigenvalue weighted by Crippen LogP contribution is -2.29. The molecule has 26 heavy (non-hydrogen) atoms. The van der Waals surface area contributed by atoms with Crippen LogP contribution >= 0.6 is 0 Å². The summed E-state index contributed by atoms with van der Waals surface area (Å²) in [6, 6.07) is 20.7. The lowest BCUT2D eigenvalue weighted by Gasteiger charge is -2.22. The SMILES string of the molecule is CCN(CC)c1ccc(N(C=O)C(=O)c2cccc3ccccc23)cc1. The van der Waals surface area contributed by atoms with Gasteiger partial charge in [-0.1, -0.05) is 36.4 Å². The molecule has 4 nitrogen and oxygen atoms in total. The summed E-state index contributed by atoms with van der Waals surface area (Å²) < 4.78 is 0. The van der Waals surface area contributed by atoms with E-state index < -0.39 is 0 Å². The van der Waals surface area contributed by atoms with Crippen molar-refractivity contribution in [2.75, 3.05) is 22.9 Å². The fourth-order valence-corrected chi connectivity index (χ4v) is 3.18. The molecule has 0 fully saturated rings. The summed E-state index contributed by atoms with van der Waals surface area (Å²) in [5, 5.41) is 1.81. The Labute approximate surface area is 153 Å². The highest BCUT2D eigenvalue weighted by molar-refractivity contribution is 6.20. The zero-order valence-corrected chi connectivity index (χ0v) is 15.1. The molecule has 0 N–H and O–H groups in total. The number of hydrogen-bond donors (Lipinski definition) is 0. The van der Waals surface area contributed by atoms with E-state index in [1.165, 1.54) is 0 Å². The Morgan fingerprint density at radius 1 is 0.846 bits per heavy atom. The van der Waals surface area contributed by atoms with Crippen molar-refractivity contribution in [1.29, 1.82) is 0 Å². The van der Waals surface area contributed by atoms with E-state index in [0.717, 1.165) is 34.4 Å². The van der Waals surface area contributed by atoms with Crippen LogP contribution in [0.15, 0.2) is 66.7 Å². The largest absolute Gasteiger partial charge is 0.372 e. The molecule has 0 atom stereocenters. The molecule has 0 saturated heterocycles. The van der Waals surface area contributed by atoms with E-state index in [4.69, 9.17) is 0 Å². The fourth-order valence-electron chi connectivity index (χ4n) is 3.18. The van der Waals surface area contributed by atoms with Crippen LogP contribution in [0, 0.1) is 0 Å². The quantitative estimate of drug-likeness (QED) is 0.618. The van der Waals surface area contributed by atoms with E-state index in [0.29, 0.717) is 17.7 Å². The Kier molecular flexibility index (Phi) is 5.32. The minimum atomic E-state index is -0.326. The third kappa shape index (κ3) is 3.31. The average Bonchev–Trinajstić information content (AvgIpc) is 2.70. The lowest BCUT2D eigenvalue weighted by molar-refractivity contribution is -0.106. The van der Waals surface area contributed by atoms with Crippen molar-refractivity contribution in [3.63, 3.8) is 0 Å². The highest BCUT2D eigenvalue weighted by atomic mass is 16.2. The first-order valence-electron chi connectivity index (χ1n) is 8.81. The first-order valence-corrected chi connectivity index (χ1v) is 8.81. The van der Waals surface area contributed by atoms with E-state index in [-0.39, 0.29) is 5.91 Å². The average molecular weight is 346 g/mol. The monoisotopic (exact) mass is 346 g/mol. The van der Waals surface area contributed by atoms with Gasteiger partial charge in [0.05, 0.1) is 5.69 Å². The number of carbonyl (C=O) groups excluding carboxylic acids is 2. The van der Waals surface area contributed by atoms with Crippen LogP contribution < -0.4 is 9.80 Å². The van der Waals surface area contributed by atoms with Crippen LogP contribution in [0.3, 0.4) is 0 Å². The van der Waals surface area contributed by atoms with Gasteiger partial charge in [-0.25, -0.2) is 4.90 Å². The predicted molar refractivity (Wildman–Crippen MR) is 107 cm³/mol. The number of amides is 2. The van der Waals surface area contributed by atoms with E-state index in [1.807, 2.05) is 60.7 Å². The number of anilines is 2. The van der Waals surface area contributed by atoms with Gasteiger partial charge in [-0.2, -0.15) is 0 Å². The molecule has 0 aliphatic carbocycles. The van der Waals surface area contributed by atoms with Crippen LogP contribution in [0.4, 0.5) is 11.4 Å². The van der Waals surface area contributed by atoms with Gasteiger partial charge in [0.25, 0.3) is 5.91 Å². The number of carbonyl (C=O) groups is 2. The van der Waals surface area contributed by atoms with Gasteiger partial charge in [0, 0.05) is 24.3 Å². The Bertz CT molecular complexity index is 910. The van der Waals surface area contributed by atoms with Crippen molar-refractivity contribution in [1.82, 2.24) is 0 Å². The fraction of sp³-hybridized carbons (Fsp3) is 0.182. The summed E-state index contributed by atoms with van der Waals surface area (Å²) in [4.78, 5) is 28.1. The highest BCUT2D eigenvalue weighted by Crippen LogP contribution is 2.24. The third-order valence-electron chi connectivity index (χ3n) is 4.60. The van der Waals surface area contributed by atoms with Crippen molar-refractivity contribution >= 4 is 34.5 Å². The molecule has 2 amide bonds. The number of rotatable bonds is 6. The van der Waals surface area contributed by atoms with Crippen molar-refractivity contribution in [3.05, 3.63) is 72.3 Å². The van der Waals surface area contributed by atoms with E-state index in [2.05, 4.69) is 18.7 Å². The standard InChI is InChI=1S/C22H22N2O2/c1-3-23(4-2)18-12-14-19(15-13-18)24(16-25)22(26)21-11-7-9-17-8-5-6-10-20(17)21/h5-16H,3-4H2,1-2H3. The summed E-state index contributed by atoms with van der Waals surface area (Å²) in [5.41, 5.74) is 2.15. The minimum absolute atomic E-state index is 0.326. The summed E-state index contributed by atoms with van der Waals surface area (Å²) in [6.45, 7) is 6.00. The van der Waals surface area contributed by atoms with Gasteiger partial charge in [0.2, 0.25) is 6.41 Å². The Morgan fingerprint density at radius 3 is 2.12 bits per heavy atom. The molecule has 0 aliphatic heterocycles. The molecule has 3 aromatic carbocycles. The summed E-state index contributed by atoms with van der Waals surface area (Å²) in [6.07, 6.45) is 0.580. The first kappa shape index (κ1) is 17.7. The zero-order valence-electron chi connectivity index (χ0n) is 15.1. The van der Waals surface area contributed by atoms with Crippen molar-refractivity contribution in [3.8, 4) is 0 Å². The molecule has 0 aliphatic rings. The summed E-state index contributed by atoms with van der Waals surface area (Å²) in [7, 11) is 0. The van der Waals surface area contributed by atoms with Crippen molar-refractivity contribution < 1.29 is 9.59 Å². The second-order valence-electron chi connectivity index (χ2n) is 6.00. The second-order valence-corrected chi connectivity index (χ2v) is 6.00. The minimum Gasteiger partial charge on any atom is -0.372 e. The van der Waals surface area contributed by atoms with Gasteiger partial charge in [-0.05, 0) is 55.0 Å². The molecule has 3 aromatic rings. The molecule has 0 heterocycles. The second kappa shape index (κ2) is 7.83. The summed E-state index contributed by atoms with van der Waals surface area (Å²) >= 11 is 0. The summed E-state index contributed by atoms with van der Waals surface area (Å²) in [5.74, 6) is -0.326. The Morgan fingerprint density at radius 2 is 1.46 bits per heavy atom. The molecule has 0 unspecified atom stereocenters. The van der Waals surface area contributed by atoms with Gasteiger partial charge >= 0.3 is 0 Å². The highest BCUT2D eigenvalue weighted by Gasteiger charge is 2.19. The van der Waals surface area contributed by atoms with E-state index >= 15 is 0 Å². The van der Waals surface area contributed by atoms with Crippen LogP contribution in [0.25, 0.3) is 10.8 Å². The Hall–Kier alpha value is -3.14. The predicted octanol–water partition coefficient (Wildman–Crippen LogP) is 4.49. The topological polar surface area (TPSA) is 40.6 Å². The third-order valence-corrected chi connectivity index (χ3v) is 4.60. The molecular weight excluding hydrogens is 324 g/mol. The van der Waals surface area contributed by atoms with Gasteiger partial charge in [0.1, 0.15) is 0 Å². The number of imide groups is 1. The molecule has 4 heteroatoms. The first-order chi connectivity index (χ1) is 12.7. The van der Waals surface area contributed by atoms with Crippen molar-refractivity contribution in [2.24, 2.45) is 0 Å². The van der Waals surface area contributed by atoms with Crippen LogP contribution in [-0.4, -0.2) is 25.4 Å². The van der Waals surface area contributed by atoms with Crippen LogP contribution in [0.2, 0.25) is 0 Å². The van der Waals surface area contributed by atoms with Crippen LogP contribution in [0.5, 0.6) is 0 Å². The molecule has 0 bridgehead atoms. The van der Waals surface area contributed by atoms with Crippen LogP contribution in [-0.2, 0) is 4.79 Å². The molecule has 3 rings (SSSR count). The molecule has 0 spiro atoms. The van der Waals surface area contributed by atoms with Gasteiger partial charge in [-0.15, -0.1) is 0 Å². The number of nitrogens with zero attached hydrogens (tertiary/aromatic N) is 2. The maximum atomic E-state index is 13.0.